The van der Waals surface area contributed by atoms with Crippen LogP contribution in [-0.4, -0.2) is 61.0 Å². The number of carbonyl (C=O) groups excluding carboxylic acids is 2. The quantitative estimate of drug-likeness (QED) is 0.396. The van der Waals surface area contributed by atoms with Crippen LogP contribution in [-0.2, 0) is 20.7 Å². The van der Waals surface area contributed by atoms with Gasteiger partial charge >= 0.3 is 5.97 Å². The first-order chi connectivity index (χ1) is 12.1. The summed E-state index contributed by atoms with van der Waals surface area (Å²) in [5, 5.41) is 1.98. The molecular weight excluding hydrogens is 336 g/mol. The van der Waals surface area contributed by atoms with Crippen LogP contribution in [0.4, 0.5) is 0 Å². The van der Waals surface area contributed by atoms with Crippen LogP contribution in [0.1, 0.15) is 44.9 Å². The summed E-state index contributed by atoms with van der Waals surface area (Å²) in [6, 6.07) is 3.94. The fraction of sp³-hybridized carbons (Fsp3) is 0.684. The van der Waals surface area contributed by atoms with Crippen molar-refractivity contribution >= 4 is 23.2 Å². The second-order valence-electron chi connectivity index (χ2n) is 5.93. The third-order valence-corrected chi connectivity index (χ3v) is 5.07. The summed E-state index contributed by atoms with van der Waals surface area (Å²) in [6.07, 6.45) is 2.69. The van der Waals surface area contributed by atoms with Gasteiger partial charge in [-0.05, 0) is 50.8 Å². The lowest BCUT2D eigenvalue weighted by molar-refractivity contribution is -0.144. The third-order valence-electron chi connectivity index (χ3n) is 4.20. The van der Waals surface area contributed by atoms with E-state index in [4.69, 9.17) is 4.74 Å². The Hall–Kier alpha value is -1.40. The van der Waals surface area contributed by atoms with E-state index in [-0.39, 0.29) is 18.3 Å². The molecule has 0 spiro atoms. The topological polar surface area (TPSA) is 49.9 Å². The van der Waals surface area contributed by atoms with E-state index in [0.29, 0.717) is 26.1 Å². The zero-order valence-electron chi connectivity index (χ0n) is 15.8. The molecule has 0 atom stereocenters. The Labute approximate surface area is 156 Å². The summed E-state index contributed by atoms with van der Waals surface area (Å²) in [5.41, 5.74) is 0. The molecule has 1 aromatic rings. The standard InChI is InChI=1S/C19H32N2O3S/c1-4-20(5-2)12-7-8-13-21(14-11-19(23)24-6-3)18(22)16-17-10-9-15-25-17/h9-10,15H,4-8,11-14,16H2,1-3H3. The van der Waals surface area contributed by atoms with Crippen molar-refractivity contribution in [2.24, 2.45) is 0 Å². The van der Waals surface area contributed by atoms with Gasteiger partial charge < -0.3 is 14.5 Å². The van der Waals surface area contributed by atoms with Crippen LogP contribution in [0.5, 0.6) is 0 Å². The van der Waals surface area contributed by atoms with Gasteiger partial charge in [-0.2, -0.15) is 0 Å². The van der Waals surface area contributed by atoms with Crippen molar-refractivity contribution in [1.29, 1.82) is 0 Å². The highest BCUT2D eigenvalue weighted by Crippen LogP contribution is 2.12. The monoisotopic (exact) mass is 368 g/mol. The number of esters is 1. The van der Waals surface area contributed by atoms with Gasteiger partial charge in [-0.15, -0.1) is 11.3 Å². The molecule has 0 radical (unpaired) electrons. The van der Waals surface area contributed by atoms with Gasteiger partial charge in [0.25, 0.3) is 0 Å². The van der Waals surface area contributed by atoms with E-state index < -0.39 is 0 Å². The van der Waals surface area contributed by atoms with Crippen molar-refractivity contribution in [3.63, 3.8) is 0 Å². The maximum absolute atomic E-state index is 12.6. The first kappa shape index (κ1) is 21.6. The van der Waals surface area contributed by atoms with Crippen LogP contribution in [0.2, 0.25) is 0 Å². The van der Waals surface area contributed by atoms with Gasteiger partial charge in [0.1, 0.15) is 0 Å². The van der Waals surface area contributed by atoms with Gasteiger partial charge in [-0.3, -0.25) is 9.59 Å². The number of nitrogens with zero attached hydrogens (tertiary/aromatic N) is 2. The van der Waals surface area contributed by atoms with Crippen LogP contribution in [0.15, 0.2) is 17.5 Å². The molecular formula is C19H32N2O3S. The van der Waals surface area contributed by atoms with E-state index in [2.05, 4.69) is 18.7 Å². The molecule has 0 aliphatic rings. The lowest BCUT2D eigenvalue weighted by atomic mass is 10.2. The van der Waals surface area contributed by atoms with Gasteiger partial charge in [0, 0.05) is 18.0 Å². The first-order valence-corrected chi connectivity index (χ1v) is 10.2. The Balaban J connectivity index is 2.48. The Morgan fingerprint density at radius 2 is 1.80 bits per heavy atom. The molecule has 0 aliphatic heterocycles. The molecule has 25 heavy (non-hydrogen) atoms. The van der Waals surface area contributed by atoms with Crippen LogP contribution < -0.4 is 0 Å². The van der Waals surface area contributed by atoms with E-state index in [0.717, 1.165) is 37.4 Å². The zero-order chi connectivity index (χ0) is 18.5. The number of rotatable bonds is 13. The summed E-state index contributed by atoms with van der Waals surface area (Å²) in [7, 11) is 0. The van der Waals surface area contributed by atoms with Gasteiger partial charge in [-0.1, -0.05) is 19.9 Å². The smallest absolute Gasteiger partial charge is 0.307 e. The molecule has 0 saturated heterocycles. The highest BCUT2D eigenvalue weighted by Gasteiger charge is 2.16. The molecule has 1 aromatic heterocycles. The molecule has 0 bridgehead atoms. The molecule has 1 rings (SSSR count). The number of amides is 1. The first-order valence-electron chi connectivity index (χ1n) is 9.28. The SMILES string of the molecule is CCOC(=O)CCN(CCCCN(CC)CC)C(=O)Cc1cccs1. The fourth-order valence-electron chi connectivity index (χ4n) is 2.67. The van der Waals surface area contributed by atoms with E-state index >= 15 is 0 Å². The highest BCUT2D eigenvalue weighted by atomic mass is 32.1. The van der Waals surface area contributed by atoms with Crippen molar-refractivity contribution in [3.05, 3.63) is 22.4 Å². The average molecular weight is 369 g/mol. The van der Waals surface area contributed by atoms with Gasteiger partial charge in [-0.25, -0.2) is 0 Å². The summed E-state index contributed by atoms with van der Waals surface area (Å²) in [6.45, 7) is 10.8. The van der Waals surface area contributed by atoms with Crippen LogP contribution >= 0.6 is 11.3 Å². The minimum atomic E-state index is -0.237. The minimum Gasteiger partial charge on any atom is -0.466 e. The summed E-state index contributed by atoms with van der Waals surface area (Å²) >= 11 is 1.59. The van der Waals surface area contributed by atoms with E-state index in [1.165, 1.54) is 0 Å². The number of hydrogen-bond acceptors (Lipinski definition) is 5. The molecule has 0 aromatic carbocycles. The maximum Gasteiger partial charge on any atom is 0.307 e. The molecule has 0 fully saturated rings. The van der Waals surface area contributed by atoms with Crippen LogP contribution in [0, 0.1) is 0 Å². The molecule has 1 heterocycles. The average Bonchev–Trinajstić information content (AvgIpc) is 3.10. The van der Waals surface area contributed by atoms with E-state index in [1.807, 2.05) is 22.4 Å². The zero-order valence-corrected chi connectivity index (χ0v) is 16.6. The van der Waals surface area contributed by atoms with Crippen molar-refractivity contribution in [1.82, 2.24) is 9.80 Å². The number of thiophene rings is 1. The molecule has 0 unspecified atom stereocenters. The largest absolute Gasteiger partial charge is 0.466 e. The predicted molar refractivity (Wildman–Crippen MR) is 103 cm³/mol. The van der Waals surface area contributed by atoms with Crippen molar-refractivity contribution in [2.75, 3.05) is 39.3 Å². The Morgan fingerprint density at radius 1 is 1.08 bits per heavy atom. The molecule has 0 aliphatic carbocycles. The van der Waals surface area contributed by atoms with Gasteiger partial charge in [0.2, 0.25) is 5.91 Å². The lowest BCUT2D eigenvalue weighted by Crippen LogP contribution is -2.35. The van der Waals surface area contributed by atoms with E-state index in [9.17, 15) is 9.59 Å². The second kappa shape index (κ2) is 12.9. The molecule has 6 heteroatoms. The van der Waals surface area contributed by atoms with Crippen molar-refractivity contribution < 1.29 is 14.3 Å². The van der Waals surface area contributed by atoms with E-state index in [1.54, 1.807) is 18.3 Å². The van der Waals surface area contributed by atoms with Gasteiger partial charge in [0.05, 0.1) is 19.4 Å². The van der Waals surface area contributed by atoms with Crippen LogP contribution in [0.3, 0.4) is 0 Å². The van der Waals surface area contributed by atoms with Crippen LogP contribution in [0.25, 0.3) is 0 Å². The Morgan fingerprint density at radius 3 is 2.40 bits per heavy atom. The number of unbranched alkanes of at least 4 members (excludes halogenated alkanes) is 1. The molecule has 142 valence electrons. The number of ether oxygens (including phenoxy) is 1. The highest BCUT2D eigenvalue weighted by molar-refractivity contribution is 7.10. The second-order valence-corrected chi connectivity index (χ2v) is 6.96. The Kier molecular flexibility index (Phi) is 11.2. The summed E-state index contributed by atoms with van der Waals surface area (Å²) in [5.74, 6) is -0.144. The predicted octanol–water partition coefficient (Wildman–Crippen LogP) is 3.19. The molecule has 0 N–H and O–H groups in total. The number of carbonyl (C=O) groups is 2. The van der Waals surface area contributed by atoms with Crippen molar-refractivity contribution in [3.8, 4) is 0 Å². The molecule has 5 nitrogen and oxygen atoms in total. The summed E-state index contributed by atoms with van der Waals surface area (Å²) in [4.78, 5) is 29.5. The molecule has 0 saturated carbocycles. The third kappa shape index (κ3) is 9.02. The Bertz CT molecular complexity index is 487. The fourth-order valence-corrected chi connectivity index (χ4v) is 3.37. The van der Waals surface area contributed by atoms with Gasteiger partial charge in [0.15, 0.2) is 0 Å². The minimum absolute atomic E-state index is 0.0922. The maximum atomic E-state index is 12.6. The molecule has 1 amide bonds. The lowest BCUT2D eigenvalue weighted by Gasteiger charge is -2.23. The summed E-state index contributed by atoms with van der Waals surface area (Å²) < 4.78 is 4.98. The normalized spacial score (nSPS) is 10.9. The van der Waals surface area contributed by atoms with Crippen molar-refractivity contribution in [2.45, 2.75) is 46.5 Å². The number of hydrogen-bond donors (Lipinski definition) is 0.